The molecule has 0 saturated carbocycles. The molecule has 0 aliphatic carbocycles. The maximum Gasteiger partial charge on any atom is 0.121 e. The highest BCUT2D eigenvalue weighted by atomic mass is 35.5. The molecule has 1 N–H and O–H groups in total. The third-order valence-electron chi connectivity index (χ3n) is 3.22. The molecule has 0 unspecified atom stereocenters. The summed E-state index contributed by atoms with van der Waals surface area (Å²) in [6.45, 7) is 0.561. The Kier molecular flexibility index (Phi) is 4.62. The first kappa shape index (κ1) is 14.5. The van der Waals surface area contributed by atoms with Crippen molar-refractivity contribution in [1.82, 2.24) is 0 Å². The number of ether oxygens (including phenoxy) is 1. The molecule has 0 amide bonds. The third-order valence-corrected chi connectivity index (χ3v) is 3.47. The summed E-state index contributed by atoms with van der Waals surface area (Å²) < 4.78 is 5.83. The van der Waals surface area contributed by atoms with Crippen LogP contribution in [-0.2, 0) is 6.61 Å². The molecule has 2 nitrogen and oxygen atoms in total. The highest BCUT2D eigenvalue weighted by Crippen LogP contribution is 2.23. The van der Waals surface area contributed by atoms with Crippen LogP contribution in [0.25, 0.3) is 0 Å². The fourth-order valence-corrected chi connectivity index (χ4v) is 2.23. The van der Waals surface area contributed by atoms with Gasteiger partial charge < -0.3 is 10.1 Å². The fraction of sp³-hybridized carbons (Fsp3) is 0.0526. The lowest BCUT2D eigenvalue weighted by molar-refractivity contribution is 0.306. The third kappa shape index (κ3) is 4.03. The predicted octanol–water partition coefficient (Wildman–Crippen LogP) is 5.66. The van der Waals surface area contributed by atoms with Crippen molar-refractivity contribution in [3.63, 3.8) is 0 Å². The van der Waals surface area contributed by atoms with Crippen LogP contribution in [0.3, 0.4) is 0 Å². The molecule has 0 atom stereocenters. The molecule has 3 aromatic rings. The van der Waals surface area contributed by atoms with Crippen LogP contribution in [0, 0.1) is 0 Å². The second kappa shape index (κ2) is 7.01. The van der Waals surface area contributed by atoms with Gasteiger partial charge in [-0.15, -0.1) is 0 Å². The molecule has 0 aliphatic rings. The van der Waals surface area contributed by atoms with Gasteiger partial charge in [-0.2, -0.15) is 0 Å². The number of anilines is 2. The van der Waals surface area contributed by atoms with Crippen LogP contribution in [-0.4, -0.2) is 0 Å². The second-order valence-corrected chi connectivity index (χ2v) is 5.37. The molecule has 110 valence electrons. The molecule has 0 bridgehead atoms. The molecule has 0 fully saturated rings. The van der Waals surface area contributed by atoms with E-state index >= 15 is 0 Å². The molecule has 0 aliphatic heterocycles. The van der Waals surface area contributed by atoms with Crippen LogP contribution in [0.2, 0.25) is 5.02 Å². The number of hydrogen-bond acceptors (Lipinski definition) is 2. The van der Waals surface area contributed by atoms with Crippen LogP contribution in [0.15, 0.2) is 78.9 Å². The van der Waals surface area contributed by atoms with Gasteiger partial charge >= 0.3 is 0 Å². The molecular formula is C19H16ClNO. The summed E-state index contributed by atoms with van der Waals surface area (Å²) in [6, 6.07) is 25.6. The number of benzene rings is 3. The Hall–Kier alpha value is -2.45. The first-order valence-electron chi connectivity index (χ1n) is 7.09. The molecule has 3 aromatic carbocycles. The van der Waals surface area contributed by atoms with Crippen LogP contribution in [0.4, 0.5) is 11.4 Å². The molecule has 22 heavy (non-hydrogen) atoms. The van der Waals surface area contributed by atoms with Crippen molar-refractivity contribution in [2.75, 3.05) is 5.32 Å². The lowest BCUT2D eigenvalue weighted by Gasteiger charge is -2.10. The normalized spacial score (nSPS) is 10.2. The Labute approximate surface area is 135 Å². The summed E-state index contributed by atoms with van der Waals surface area (Å²) in [4.78, 5) is 0. The van der Waals surface area contributed by atoms with Gasteiger partial charge in [0.1, 0.15) is 12.4 Å². The Morgan fingerprint density at radius 3 is 2.32 bits per heavy atom. The first-order chi connectivity index (χ1) is 10.8. The van der Waals surface area contributed by atoms with Gasteiger partial charge in [0.05, 0.1) is 0 Å². The minimum absolute atomic E-state index is 0.561. The van der Waals surface area contributed by atoms with Crippen molar-refractivity contribution < 1.29 is 4.74 Å². The average Bonchev–Trinajstić information content (AvgIpc) is 2.57. The summed E-state index contributed by atoms with van der Waals surface area (Å²) in [5, 5.41) is 4.06. The number of halogens is 1. The molecule has 0 radical (unpaired) electrons. The summed E-state index contributed by atoms with van der Waals surface area (Å²) in [5.74, 6) is 0.836. The van der Waals surface area contributed by atoms with Crippen LogP contribution >= 0.6 is 11.6 Å². The van der Waals surface area contributed by atoms with Gasteiger partial charge in [-0.1, -0.05) is 48.0 Å². The summed E-state index contributed by atoms with van der Waals surface area (Å²) in [6.07, 6.45) is 0. The molecule has 3 heteroatoms. The van der Waals surface area contributed by atoms with Gasteiger partial charge in [0.2, 0.25) is 0 Å². The van der Waals surface area contributed by atoms with Gasteiger partial charge in [-0.25, -0.2) is 0 Å². The van der Waals surface area contributed by atoms with Gasteiger partial charge in [0.25, 0.3) is 0 Å². The lowest BCUT2D eigenvalue weighted by atomic mass is 10.2. The second-order valence-electron chi connectivity index (χ2n) is 4.93. The number of nitrogens with one attached hydrogen (secondary N) is 1. The quantitative estimate of drug-likeness (QED) is 0.656. The minimum atomic E-state index is 0.561. The Morgan fingerprint density at radius 2 is 1.55 bits per heavy atom. The highest BCUT2D eigenvalue weighted by Gasteiger charge is 1.99. The standard InChI is InChI=1S/C19H16ClNO/c20-16-9-11-17(12-10-16)21-18-7-4-8-19(13-18)22-14-15-5-2-1-3-6-15/h1-13,21H,14H2. The number of rotatable bonds is 5. The van der Waals surface area contributed by atoms with E-state index in [9.17, 15) is 0 Å². The highest BCUT2D eigenvalue weighted by molar-refractivity contribution is 6.30. The lowest BCUT2D eigenvalue weighted by Crippen LogP contribution is -1.96. The van der Waals surface area contributed by atoms with Crippen LogP contribution in [0.1, 0.15) is 5.56 Å². The van der Waals surface area contributed by atoms with E-state index in [2.05, 4.69) is 17.4 Å². The maximum atomic E-state index is 5.89. The van der Waals surface area contributed by atoms with Crippen molar-refractivity contribution in [2.24, 2.45) is 0 Å². The van der Waals surface area contributed by atoms with E-state index in [4.69, 9.17) is 16.3 Å². The van der Waals surface area contributed by atoms with Crippen molar-refractivity contribution >= 4 is 23.0 Å². The first-order valence-corrected chi connectivity index (χ1v) is 7.47. The maximum absolute atomic E-state index is 5.89. The van der Waals surface area contributed by atoms with Gasteiger partial charge in [-0.05, 0) is 42.0 Å². The summed E-state index contributed by atoms with van der Waals surface area (Å²) >= 11 is 5.89. The zero-order valence-corrected chi connectivity index (χ0v) is 12.8. The Bertz CT molecular complexity index is 726. The van der Waals surface area contributed by atoms with Crippen LogP contribution < -0.4 is 10.1 Å². The Morgan fingerprint density at radius 1 is 0.773 bits per heavy atom. The van der Waals surface area contributed by atoms with Crippen molar-refractivity contribution in [2.45, 2.75) is 6.61 Å². The predicted molar refractivity (Wildman–Crippen MR) is 92.0 cm³/mol. The summed E-state index contributed by atoms with van der Waals surface area (Å²) in [7, 11) is 0. The largest absolute Gasteiger partial charge is 0.489 e. The Balaban J connectivity index is 1.66. The van der Waals surface area contributed by atoms with E-state index in [1.165, 1.54) is 0 Å². The van der Waals surface area contributed by atoms with E-state index in [1.807, 2.05) is 66.7 Å². The van der Waals surface area contributed by atoms with Gasteiger partial charge in [-0.3, -0.25) is 0 Å². The summed E-state index contributed by atoms with van der Waals surface area (Å²) in [5.41, 5.74) is 3.12. The van der Waals surface area contributed by atoms with Gasteiger partial charge in [0, 0.05) is 22.5 Å². The fourth-order valence-electron chi connectivity index (χ4n) is 2.10. The molecule has 0 spiro atoms. The molecular weight excluding hydrogens is 294 g/mol. The van der Waals surface area contributed by atoms with E-state index in [1.54, 1.807) is 0 Å². The van der Waals surface area contributed by atoms with Crippen LogP contribution in [0.5, 0.6) is 5.75 Å². The molecule has 0 heterocycles. The average molecular weight is 310 g/mol. The van der Waals surface area contributed by atoms with Crippen molar-refractivity contribution in [3.8, 4) is 5.75 Å². The monoisotopic (exact) mass is 309 g/mol. The van der Waals surface area contributed by atoms with E-state index in [0.717, 1.165) is 27.7 Å². The molecule has 0 aromatic heterocycles. The van der Waals surface area contributed by atoms with E-state index in [-0.39, 0.29) is 0 Å². The molecule has 0 saturated heterocycles. The minimum Gasteiger partial charge on any atom is -0.489 e. The smallest absolute Gasteiger partial charge is 0.121 e. The van der Waals surface area contributed by atoms with E-state index in [0.29, 0.717) is 6.61 Å². The SMILES string of the molecule is Clc1ccc(Nc2cccc(OCc3ccccc3)c2)cc1. The zero-order valence-electron chi connectivity index (χ0n) is 12.0. The van der Waals surface area contributed by atoms with Crippen molar-refractivity contribution in [1.29, 1.82) is 0 Å². The molecule has 3 rings (SSSR count). The van der Waals surface area contributed by atoms with Gasteiger partial charge in [0.15, 0.2) is 0 Å². The topological polar surface area (TPSA) is 21.3 Å². The zero-order chi connectivity index (χ0) is 15.2. The van der Waals surface area contributed by atoms with Crippen molar-refractivity contribution in [3.05, 3.63) is 89.4 Å². The van der Waals surface area contributed by atoms with E-state index < -0.39 is 0 Å². The number of hydrogen-bond donors (Lipinski definition) is 1.